The van der Waals surface area contributed by atoms with Gasteiger partial charge in [0, 0.05) is 23.3 Å². The lowest BCUT2D eigenvalue weighted by atomic mass is 10.2. The maximum absolute atomic E-state index is 5.67. The molecule has 0 N–H and O–H groups in total. The smallest absolute Gasteiger partial charge is 0.161 e. The van der Waals surface area contributed by atoms with Crippen molar-refractivity contribution in [2.75, 3.05) is 13.2 Å². The van der Waals surface area contributed by atoms with Crippen LogP contribution in [0.2, 0.25) is 0 Å². The second-order valence-electron chi connectivity index (χ2n) is 4.66. The molecule has 6 heteroatoms. The quantitative estimate of drug-likeness (QED) is 0.683. The van der Waals surface area contributed by atoms with Gasteiger partial charge in [0.05, 0.1) is 19.4 Å². The van der Waals surface area contributed by atoms with Gasteiger partial charge in [-0.05, 0) is 32.0 Å². The second kappa shape index (κ2) is 7.19. The van der Waals surface area contributed by atoms with Crippen molar-refractivity contribution < 1.29 is 9.47 Å². The zero-order valence-electron chi connectivity index (χ0n) is 13.0. The Morgan fingerprint density at radius 2 is 1.83 bits per heavy atom. The van der Waals surface area contributed by atoms with Crippen molar-refractivity contribution in [1.29, 1.82) is 0 Å². The number of thiazole rings is 1. The van der Waals surface area contributed by atoms with Gasteiger partial charge in [0.2, 0.25) is 0 Å². The van der Waals surface area contributed by atoms with Crippen LogP contribution in [-0.2, 0) is 0 Å². The van der Waals surface area contributed by atoms with Crippen LogP contribution in [0.3, 0.4) is 0 Å². The maximum atomic E-state index is 5.67. The Labute approximate surface area is 139 Å². The molecule has 0 saturated carbocycles. The number of hydrogen-bond acceptors (Lipinski definition) is 6. The Balaban J connectivity index is 1.93. The third-order valence-corrected chi connectivity index (χ3v) is 4.01. The number of hydrogen-bond donors (Lipinski definition) is 0. The van der Waals surface area contributed by atoms with E-state index in [1.165, 1.54) is 0 Å². The van der Waals surface area contributed by atoms with Gasteiger partial charge in [-0.15, -0.1) is 11.3 Å². The van der Waals surface area contributed by atoms with Crippen LogP contribution in [0.4, 0.5) is 0 Å². The predicted octanol–water partition coefficient (Wildman–Crippen LogP) is 4.06. The topological polar surface area (TPSA) is 57.1 Å². The summed E-state index contributed by atoms with van der Waals surface area (Å²) >= 11 is 1.57. The average molecular weight is 327 g/mol. The molecule has 118 valence electrons. The Hall–Kier alpha value is -2.47. The molecule has 0 aliphatic heterocycles. The average Bonchev–Trinajstić information content (AvgIpc) is 3.08. The monoisotopic (exact) mass is 327 g/mol. The molecule has 0 spiro atoms. The zero-order chi connectivity index (χ0) is 16.1. The third-order valence-electron chi connectivity index (χ3n) is 3.12. The van der Waals surface area contributed by atoms with Gasteiger partial charge in [-0.25, -0.2) is 4.98 Å². The highest BCUT2D eigenvalue weighted by molar-refractivity contribution is 7.13. The lowest BCUT2D eigenvalue weighted by Crippen LogP contribution is -1.98. The molecule has 3 rings (SSSR count). The van der Waals surface area contributed by atoms with E-state index in [4.69, 9.17) is 9.47 Å². The van der Waals surface area contributed by atoms with Crippen LogP contribution >= 0.6 is 11.3 Å². The lowest BCUT2D eigenvalue weighted by molar-refractivity contribution is 0.288. The van der Waals surface area contributed by atoms with Gasteiger partial charge in [0.1, 0.15) is 16.4 Å². The van der Waals surface area contributed by atoms with Crippen LogP contribution < -0.4 is 9.47 Å². The fourth-order valence-electron chi connectivity index (χ4n) is 2.14. The van der Waals surface area contributed by atoms with E-state index < -0.39 is 0 Å². The van der Waals surface area contributed by atoms with Crippen molar-refractivity contribution in [1.82, 2.24) is 15.0 Å². The van der Waals surface area contributed by atoms with Crippen molar-refractivity contribution in [2.24, 2.45) is 0 Å². The molecule has 0 unspecified atom stereocenters. The molecular weight excluding hydrogens is 310 g/mol. The normalized spacial score (nSPS) is 10.5. The molecule has 2 heterocycles. The first-order valence-electron chi connectivity index (χ1n) is 7.43. The molecule has 0 bridgehead atoms. The van der Waals surface area contributed by atoms with Gasteiger partial charge in [-0.1, -0.05) is 0 Å². The van der Waals surface area contributed by atoms with E-state index in [1.54, 1.807) is 29.9 Å². The molecule has 0 aliphatic rings. The largest absolute Gasteiger partial charge is 0.490 e. The summed E-state index contributed by atoms with van der Waals surface area (Å²) in [4.78, 5) is 13.0. The number of benzene rings is 1. The van der Waals surface area contributed by atoms with Crippen LogP contribution in [0.5, 0.6) is 11.5 Å². The fourth-order valence-corrected chi connectivity index (χ4v) is 2.95. The molecule has 0 amide bonds. The maximum Gasteiger partial charge on any atom is 0.161 e. The van der Waals surface area contributed by atoms with Crippen molar-refractivity contribution in [3.8, 4) is 33.5 Å². The summed E-state index contributed by atoms with van der Waals surface area (Å²) in [7, 11) is 0. The minimum Gasteiger partial charge on any atom is -0.490 e. The molecule has 5 nitrogen and oxygen atoms in total. The summed E-state index contributed by atoms with van der Waals surface area (Å²) in [6.45, 7) is 5.11. The Bertz CT molecular complexity index is 775. The lowest BCUT2D eigenvalue weighted by Gasteiger charge is -2.11. The zero-order valence-corrected chi connectivity index (χ0v) is 13.8. The minimum absolute atomic E-state index is 0.590. The van der Waals surface area contributed by atoms with E-state index in [0.717, 1.165) is 33.5 Å². The summed E-state index contributed by atoms with van der Waals surface area (Å²) < 4.78 is 11.3. The van der Waals surface area contributed by atoms with Gasteiger partial charge < -0.3 is 9.47 Å². The molecule has 23 heavy (non-hydrogen) atoms. The number of rotatable bonds is 6. The first-order chi connectivity index (χ1) is 11.3. The highest BCUT2D eigenvalue weighted by Crippen LogP contribution is 2.35. The van der Waals surface area contributed by atoms with Gasteiger partial charge in [0.25, 0.3) is 0 Å². The first-order valence-corrected chi connectivity index (χ1v) is 8.31. The fraction of sp³-hybridized carbons (Fsp3) is 0.235. The van der Waals surface area contributed by atoms with E-state index in [0.29, 0.717) is 13.2 Å². The summed E-state index contributed by atoms with van der Waals surface area (Å²) in [6, 6.07) is 5.88. The van der Waals surface area contributed by atoms with Crippen molar-refractivity contribution in [2.45, 2.75) is 13.8 Å². The SMILES string of the molecule is CCOc1ccc(-c2nc(-c3cnccn3)cs2)cc1OCC. The molecular formula is C17H17N3O2S. The van der Waals surface area contributed by atoms with E-state index in [2.05, 4.69) is 15.0 Å². The molecule has 0 fully saturated rings. The number of ether oxygens (including phenoxy) is 2. The minimum atomic E-state index is 0.590. The Morgan fingerprint density at radius 1 is 1.00 bits per heavy atom. The van der Waals surface area contributed by atoms with Crippen LogP contribution in [0.1, 0.15) is 13.8 Å². The van der Waals surface area contributed by atoms with Crippen molar-refractivity contribution in [3.63, 3.8) is 0 Å². The van der Waals surface area contributed by atoms with Crippen LogP contribution in [-0.4, -0.2) is 28.2 Å². The van der Waals surface area contributed by atoms with E-state index in [9.17, 15) is 0 Å². The summed E-state index contributed by atoms with van der Waals surface area (Å²) in [5.74, 6) is 1.49. The van der Waals surface area contributed by atoms with Crippen LogP contribution in [0.25, 0.3) is 22.0 Å². The third kappa shape index (κ3) is 3.48. The van der Waals surface area contributed by atoms with Gasteiger partial charge >= 0.3 is 0 Å². The standard InChI is InChI=1S/C17H17N3O2S/c1-3-21-15-6-5-12(9-16(15)22-4-2)17-20-14(11-23-17)13-10-18-7-8-19-13/h5-11H,3-4H2,1-2H3. The van der Waals surface area contributed by atoms with E-state index in [-0.39, 0.29) is 0 Å². The van der Waals surface area contributed by atoms with Crippen LogP contribution in [0.15, 0.2) is 42.2 Å². The molecule has 0 radical (unpaired) electrons. The summed E-state index contributed by atoms with van der Waals surface area (Å²) in [5.41, 5.74) is 2.59. The summed E-state index contributed by atoms with van der Waals surface area (Å²) in [6.07, 6.45) is 5.03. The highest BCUT2D eigenvalue weighted by atomic mass is 32.1. The van der Waals surface area contributed by atoms with Gasteiger partial charge in [-0.2, -0.15) is 0 Å². The molecule has 0 atom stereocenters. The molecule has 1 aromatic carbocycles. The molecule has 2 aromatic heterocycles. The van der Waals surface area contributed by atoms with E-state index >= 15 is 0 Å². The number of nitrogens with zero attached hydrogens (tertiary/aromatic N) is 3. The van der Waals surface area contributed by atoms with Crippen LogP contribution in [0, 0.1) is 0 Å². The summed E-state index contributed by atoms with van der Waals surface area (Å²) in [5, 5.41) is 2.89. The Kier molecular flexibility index (Phi) is 4.83. The highest BCUT2D eigenvalue weighted by Gasteiger charge is 2.11. The molecule has 0 saturated heterocycles. The van der Waals surface area contributed by atoms with Crippen molar-refractivity contribution in [3.05, 3.63) is 42.2 Å². The first kappa shape index (κ1) is 15.4. The second-order valence-corrected chi connectivity index (χ2v) is 5.51. The molecule has 3 aromatic rings. The predicted molar refractivity (Wildman–Crippen MR) is 90.9 cm³/mol. The van der Waals surface area contributed by atoms with Crippen molar-refractivity contribution >= 4 is 11.3 Å². The number of aromatic nitrogens is 3. The van der Waals surface area contributed by atoms with Gasteiger partial charge in [0.15, 0.2) is 11.5 Å². The Morgan fingerprint density at radius 3 is 2.57 bits per heavy atom. The van der Waals surface area contributed by atoms with E-state index in [1.807, 2.05) is 37.4 Å². The van der Waals surface area contributed by atoms with Gasteiger partial charge in [-0.3, -0.25) is 9.97 Å². The molecule has 0 aliphatic carbocycles.